The number of benzene rings is 1. The van der Waals surface area contributed by atoms with E-state index in [2.05, 4.69) is 0 Å². The highest BCUT2D eigenvalue weighted by Gasteiger charge is 2.31. The van der Waals surface area contributed by atoms with E-state index in [9.17, 15) is 14.7 Å². The zero-order valence-corrected chi connectivity index (χ0v) is 16.2. The summed E-state index contributed by atoms with van der Waals surface area (Å²) in [5, 5.41) is 10.6. The Kier molecular flexibility index (Phi) is 6.97. The van der Waals surface area contributed by atoms with Gasteiger partial charge in [-0.05, 0) is 38.0 Å². The van der Waals surface area contributed by atoms with Gasteiger partial charge in [0.2, 0.25) is 0 Å². The van der Waals surface area contributed by atoms with Crippen molar-refractivity contribution in [3.8, 4) is 5.75 Å². The van der Waals surface area contributed by atoms with Crippen molar-refractivity contribution in [1.82, 2.24) is 14.7 Å². The molecule has 1 aliphatic heterocycles. The second-order valence-corrected chi connectivity index (χ2v) is 6.93. The number of likely N-dealkylation sites (tertiary alicyclic amines) is 1. The second-order valence-electron chi connectivity index (χ2n) is 6.50. The molecule has 1 fully saturated rings. The van der Waals surface area contributed by atoms with Gasteiger partial charge in [0, 0.05) is 43.8 Å². The summed E-state index contributed by atoms with van der Waals surface area (Å²) in [7, 11) is 3.39. The first kappa shape index (κ1) is 20.2. The largest absolute Gasteiger partial charge is 0.508 e. The van der Waals surface area contributed by atoms with E-state index in [0.29, 0.717) is 43.1 Å². The number of halogens is 1. The third kappa shape index (κ3) is 4.94. The number of hydrogen-bond acceptors (Lipinski definition) is 4. The lowest BCUT2D eigenvalue weighted by Crippen LogP contribution is -2.51. The molecule has 7 nitrogen and oxygen atoms in total. The van der Waals surface area contributed by atoms with Gasteiger partial charge in [-0.15, -0.1) is 0 Å². The minimum absolute atomic E-state index is 0.0334. The second kappa shape index (κ2) is 8.98. The third-order valence-electron chi connectivity index (χ3n) is 4.44. The van der Waals surface area contributed by atoms with Gasteiger partial charge in [-0.25, -0.2) is 9.59 Å². The average molecular weight is 384 g/mol. The Balaban J connectivity index is 2.12. The fraction of sp³-hybridized carbons (Fsp3) is 0.556. The highest BCUT2D eigenvalue weighted by atomic mass is 35.5. The summed E-state index contributed by atoms with van der Waals surface area (Å²) in [6.45, 7) is 3.44. The molecule has 1 heterocycles. The van der Waals surface area contributed by atoms with Gasteiger partial charge in [0.1, 0.15) is 5.75 Å². The molecule has 1 aliphatic rings. The number of urea groups is 1. The first-order chi connectivity index (χ1) is 12.3. The van der Waals surface area contributed by atoms with Gasteiger partial charge in [-0.2, -0.15) is 0 Å². The molecule has 2 rings (SSSR count). The van der Waals surface area contributed by atoms with E-state index in [1.165, 1.54) is 11.0 Å². The molecule has 0 aliphatic carbocycles. The van der Waals surface area contributed by atoms with E-state index in [1.54, 1.807) is 43.0 Å². The lowest BCUT2D eigenvalue weighted by molar-refractivity contribution is 0.0758. The molecule has 0 saturated carbocycles. The first-order valence-electron chi connectivity index (χ1n) is 8.70. The van der Waals surface area contributed by atoms with Crippen LogP contribution >= 0.6 is 11.6 Å². The topological polar surface area (TPSA) is 73.3 Å². The Labute approximate surface area is 159 Å². The van der Waals surface area contributed by atoms with Crippen molar-refractivity contribution in [2.24, 2.45) is 0 Å². The van der Waals surface area contributed by atoms with Crippen LogP contribution in [0.25, 0.3) is 0 Å². The standard InChI is InChI=1S/C18H26ClN3O4/c1-4-26-18(25)21-9-7-15(8-10-21)22(17(24)20(2)3)12-13-11-14(19)5-6-16(13)23/h5-6,11,15,23H,4,7-10,12H2,1-3H3. The number of carbonyl (C=O) groups excluding carboxylic acids is 2. The summed E-state index contributed by atoms with van der Waals surface area (Å²) in [6, 6.07) is 4.63. The lowest BCUT2D eigenvalue weighted by atomic mass is 10.0. The molecule has 0 spiro atoms. The van der Waals surface area contributed by atoms with Crippen LogP contribution in [0.15, 0.2) is 18.2 Å². The number of hydrogen-bond donors (Lipinski definition) is 1. The first-order valence-corrected chi connectivity index (χ1v) is 9.08. The van der Waals surface area contributed by atoms with Crippen LogP contribution in [0.1, 0.15) is 25.3 Å². The number of rotatable bonds is 4. The van der Waals surface area contributed by atoms with Crippen molar-refractivity contribution in [3.05, 3.63) is 28.8 Å². The molecule has 144 valence electrons. The van der Waals surface area contributed by atoms with Gasteiger partial charge in [-0.3, -0.25) is 0 Å². The monoisotopic (exact) mass is 383 g/mol. The maximum Gasteiger partial charge on any atom is 0.409 e. The summed E-state index contributed by atoms with van der Waals surface area (Å²) >= 11 is 6.03. The van der Waals surface area contributed by atoms with Gasteiger partial charge >= 0.3 is 12.1 Å². The number of amides is 3. The fourth-order valence-corrected chi connectivity index (χ4v) is 3.24. The van der Waals surface area contributed by atoms with Crippen LogP contribution in [0.3, 0.4) is 0 Å². The fourth-order valence-electron chi connectivity index (χ4n) is 3.05. The Morgan fingerprint density at radius 3 is 2.54 bits per heavy atom. The molecule has 1 aromatic rings. The predicted octanol–water partition coefficient (Wildman–Crippen LogP) is 3.15. The van der Waals surface area contributed by atoms with Crippen LogP contribution in [0.5, 0.6) is 5.75 Å². The number of carbonyl (C=O) groups is 2. The zero-order valence-electron chi connectivity index (χ0n) is 15.4. The van der Waals surface area contributed by atoms with Crippen molar-refractivity contribution in [2.45, 2.75) is 32.4 Å². The Bertz CT molecular complexity index is 645. The Hall–Kier alpha value is -2.15. The highest BCUT2D eigenvalue weighted by molar-refractivity contribution is 6.30. The van der Waals surface area contributed by atoms with Gasteiger partial charge in [0.25, 0.3) is 0 Å². The molecule has 1 saturated heterocycles. The summed E-state index contributed by atoms with van der Waals surface area (Å²) in [5.41, 5.74) is 0.598. The van der Waals surface area contributed by atoms with Crippen LogP contribution in [0, 0.1) is 0 Å². The molecule has 8 heteroatoms. The quantitative estimate of drug-likeness (QED) is 0.866. The molecular formula is C18H26ClN3O4. The van der Waals surface area contributed by atoms with Crippen molar-refractivity contribution in [1.29, 1.82) is 0 Å². The van der Waals surface area contributed by atoms with E-state index >= 15 is 0 Å². The SMILES string of the molecule is CCOC(=O)N1CCC(N(Cc2cc(Cl)ccc2O)C(=O)N(C)C)CC1. The summed E-state index contributed by atoms with van der Waals surface area (Å²) < 4.78 is 5.04. The summed E-state index contributed by atoms with van der Waals surface area (Å²) in [5.74, 6) is 0.106. The van der Waals surface area contributed by atoms with Crippen LogP contribution < -0.4 is 0 Å². The van der Waals surface area contributed by atoms with E-state index in [0.717, 1.165) is 0 Å². The highest BCUT2D eigenvalue weighted by Crippen LogP contribution is 2.26. The van der Waals surface area contributed by atoms with Crippen LogP contribution in [0.2, 0.25) is 5.02 Å². The summed E-state index contributed by atoms with van der Waals surface area (Å²) in [6.07, 6.45) is 0.989. The van der Waals surface area contributed by atoms with Gasteiger partial charge in [0.05, 0.1) is 13.2 Å². The molecule has 0 bridgehead atoms. The number of phenols is 1. The van der Waals surface area contributed by atoms with Crippen LogP contribution in [-0.2, 0) is 11.3 Å². The number of nitrogens with zero attached hydrogens (tertiary/aromatic N) is 3. The predicted molar refractivity (Wildman–Crippen MR) is 99.4 cm³/mol. The number of phenolic OH excluding ortho intramolecular Hbond substituents is 1. The maximum atomic E-state index is 12.7. The third-order valence-corrected chi connectivity index (χ3v) is 4.68. The van der Waals surface area contributed by atoms with E-state index in [-0.39, 0.29) is 30.5 Å². The normalized spacial score (nSPS) is 14.8. The van der Waals surface area contributed by atoms with Crippen molar-refractivity contribution in [2.75, 3.05) is 33.8 Å². The Morgan fingerprint density at radius 2 is 1.96 bits per heavy atom. The minimum Gasteiger partial charge on any atom is -0.508 e. The minimum atomic E-state index is -0.316. The number of aromatic hydroxyl groups is 1. The van der Waals surface area contributed by atoms with Crippen LogP contribution in [-0.4, -0.2) is 71.8 Å². The molecular weight excluding hydrogens is 358 g/mol. The smallest absolute Gasteiger partial charge is 0.409 e. The molecule has 1 N–H and O–H groups in total. The molecule has 3 amide bonds. The van der Waals surface area contributed by atoms with Crippen LogP contribution in [0.4, 0.5) is 9.59 Å². The van der Waals surface area contributed by atoms with Gasteiger partial charge < -0.3 is 24.5 Å². The summed E-state index contributed by atoms with van der Waals surface area (Å²) in [4.78, 5) is 29.5. The molecule has 26 heavy (non-hydrogen) atoms. The zero-order chi connectivity index (χ0) is 19.3. The van der Waals surface area contributed by atoms with Crippen molar-refractivity contribution < 1.29 is 19.4 Å². The van der Waals surface area contributed by atoms with Gasteiger partial charge in [-0.1, -0.05) is 11.6 Å². The molecule has 0 aromatic heterocycles. The molecule has 0 atom stereocenters. The lowest BCUT2D eigenvalue weighted by Gasteiger charge is -2.39. The van der Waals surface area contributed by atoms with Crippen molar-refractivity contribution >= 4 is 23.7 Å². The molecule has 0 radical (unpaired) electrons. The van der Waals surface area contributed by atoms with Gasteiger partial charge in [0.15, 0.2) is 0 Å². The number of piperidine rings is 1. The molecule has 1 aromatic carbocycles. The van der Waals surface area contributed by atoms with E-state index < -0.39 is 0 Å². The number of ether oxygens (including phenoxy) is 1. The van der Waals surface area contributed by atoms with E-state index in [4.69, 9.17) is 16.3 Å². The average Bonchev–Trinajstić information content (AvgIpc) is 2.62. The molecule has 0 unspecified atom stereocenters. The van der Waals surface area contributed by atoms with Crippen molar-refractivity contribution in [3.63, 3.8) is 0 Å². The Morgan fingerprint density at radius 1 is 1.31 bits per heavy atom. The van der Waals surface area contributed by atoms with E-state index in [1.807, 2.05) is 0 Å². The maximum absolute atomic E-state index is 12.7.